The number of amides is 1. The Labute approximate surface area is 179 Å². The van der Waals surface area contributed by atoms with E-state index in [0.29, 0.717) is 33.6 Å². The molecule has 1 amide bonds. The molecule has 1 aromatic carbocycles. The van der Waals surface area contributed by atoms with E-state index in [0.717, 1.165) is 12.1 Å². The van der Waals surface area contributed by atoms with E-state index in [1.165, 1.54) is 17.2 Å². The summed E-state index contributed by atoms with van der Waals surface area (Å²) in [5.74, 6) is 0.0183. The molecule has 1 aliphatic rings. The smallest absolute Gasteiger partial charge is 0.416 e. The van der Waals surface area contributed by atoms with Gasteiger partial charge in [0.1, 0.15) is 35.4 Å². The van der Waals surface area contributed by atoms with Crippen molar-refractivity contribution in [2.24, 2.45) is 0 Å². The zero-order valence-corrected chi connectivity index (χ0v) is 17.0. The summed E-state index contributed by atoms with van der Waals surface area (Å²) in [5, 5.41) is 0. The van der Waals surface area contributed by atoms with Crippen LogP contribution in [-0.2, 0) is 6.18 Å². The van der Waals surface area contributed by atoms with E-state index in [1.807, 2.05) is 6.92 Å². The number of carbonyl (C=O) groups is 1. The molecule has 0 saturated heterocycles. The maximum absolute atomic E-state index is 13.2. The molecule has 1 aliphatic heterocycles. The average molecular weight is 442 g/mol. The van der Waals surface area contributed by atoms with Crippen molar-refractivity contribution in [3.63, 3.8) is 0 Å². The minimum Gasteiger partial charge on any atom is -0.491 e. The van der Waals surface area contributed by atoms with Crippen LogP contribution in [0.1, 0.15) is 33.4 Å². The molecule has 0 spiro atoms. The Hall–Kier alpha value is -3.89. The summed E-state index contributed by atoms with van der Waals surface area (Å²) in [6.07, 6.45) is -1.42. The van der Waals surface area contributed by atoms with E-state index < -0.39 is 23.7 Å². The second-order valence-electron chi connectivity index (χ2n) is 7.60. The number of nitrogens with two attached hydrogens (primary N) is 1. The fourth-order valence-electron chi connectivity index (χ4n) is 3.96. The molecule has 0 unspecified atom stereocenters. The van der Waals surface area contributed by atoms with Gasteiger partial charge in [-0.1, -0.05) is 6.07 Å². The number of pyridine rings is 1. The van der Waals surface area contributed by atoms with Gasteiger partial charge in [0.25, 0.3) is 5.91 Å². The fourth-order valence-corrected chi connectivity index (χ4v) is 3.96. The van der Waals surface area contributed by atoms with Gasteiger partial charge in [-0.3, -0.25) is 9.20 Å². The highest BCUT2D eigenvalue weighted by molar-refractivity contribution is 5.96. The van der Waals surface area contributed by atoms with Crippen molar-refractivity contribution in [1.82, 2.24) is 24.3 Å². The number of nitrogen functional groups attached to an aromatic ring is 1. The summed E-state index contributed by atoms with van der Waals surface area (Å²) < 4.78 is 46.1. The molecule has 0 fully saturated rings. The lowest BCUT2D eigenvalue weighted by molar-refractivity contribution is -0.137. The monoisotopic (exact) mass is 442 g/mol. The number of fused-ring (bicyclic) bond motifs is 4. The first kappa shape index (κ1) is 20.0. The lowest BCUT2D eigenvalue weighted by Gasteiger charge is -2.23. The number of likely N-dealkylation sites (N-methyl/N-ethyl adjacent to an activating group) is 1. The largest absolute Gasteiger partial charge is 0.491 e. The maximum atomic E-state index is 13.2. The molecule has 1 atom stereocenters. The third kappa shape index (κ3) is 3.00. The summed E-state index contributed by atoms with van der Waals surface area (Å²) >= 11 is 0. The van der Waals surface area contributed by atoms with E-state index in [9.17, 15) is 18.0 Å². The van der Waals surface area contributed by atoms with E-state index in [2.05, 4.69) is 15.0 Å². The van der Waals surface area contributed by atoms with Gasteiger partial charge in [0, 0.05) is 12.6 Å². The highest BCUT2D eigenvalue weighted by Crippen LogP contribution is 2.40. The quantitative estimate of drug-likeness (QED) is 0.511. The molecule has 2 N–H and O–H groups in total. The summed E-state index contributed by atoms with van der Waals surface area (Å²) in [4.78, 5) is 27.4. The van der Waals surface area contributed by atoms with Crippen molar-refractivity contribution in [3.05, 3.63) is 59.3 Å². The standard InChI is InChI=1S/C21H17F3N6O2/c1-10-18-19(25)28-14-7-26-13(6-15(14)30(18)9-27-10)20(31)29(2)16-8-32-17-5-11(21(22,23)24)3-4-12(16)17/h3-7,9,16H,8H2,1-2H3,(H2,25,28)/t16-/m1/s1. The highest BCUT2D eigenvalue weighted by atomic mass is 19.4. The first-order valence-corrected chi connectivity index (χ1v) is 9.65. The van der Waals surface area contributed by atoms with Crippen LogP contribution < -0.4 is 10.5 Å². The third-order valence-electron chi connectivity index (χ3n) is 5.66. The molecule has 0 aliphatic carbocycles. The third-order valence-corrected chi connectivity index (χ3v) is 5.66. The second-order valence-corrected chi connectivity index (χ2v) is 7.60. The summed E-state index contributed by atoms with van der Waals surface area (Å²) in [6, 6.07) is 4.34. The molecular formula is C21H17F3N6O2. The number of aromatic nitrogens is 4. The van der Waals surface area contributed by atoms with Gasteiger partial charge < -0.3 is 15.4 Å². The lowest BCUT2D eigenvalue weighted by atomic mass is 10.0. The van der Waals surface area contributed by atoms with E-state index >= 15 is 0 Å². The molecule has 0 saturated carbocycles. The van der Waals surface area contributed by atoms with Gasteiger partial charge in [0.2, 0.25) is 0 Å². The Kier molecular flexibility index (Phi) is 4.26. The van der Waals surface area contributed by atoms with Crippen LogP contribution in [0, 0.1) is 6.92 Å². The number of rotatable bonds is 2. The molecule has 4 heterocycles. The highest BCUT2D eigenvalue weighted by Gasteiger charge is 2.36. The number of carbonyl (C=O) groups excluding carboxylic acids is 1. The maximum Gasteiger partial charge on any atom is 0.416 e. The van der Waals surface area contributed by atoms with E-state index in [-0.39, 0.29) is 18.1 Å². The normalized spacial score (nSPS) is 15.7. The number of nitrogens with zero attached hydrogens (tertiary/aromatic N) is 5. The van der Waals surface area contributed by atoms with Crippen LogP contribution in [0.25, 0.3) is 16.6 Å². The van der Waals surface area contributed by atoms with Gasteiger partial charge in [-0.15, -0.1) is 0 Å². The van der Waals surface area contributed by atoms with Crippen molar-refractivity contribution in [1.29, 1.82) is 0 Å². The molecule has 8 nitrogen and oxygen atoms in total. The molecule has 164 valence electrons. The van der Waals surface area contributed by atoms with Crippen LogP contribution in [-0.4, -0.2) is 43.8 Å². The molecule has 32 heavy (non-hydrogen) atoms. The van der Waals surface area contributed by atoms with Crippen molar-refractivity contribution in [2.75, 3.05) is 19.4 Å². The fraction of sp³-hybridized carbons (Fsp3) is 0.238. The number of alkyl halides is 3. The van der Waals surface area contributed by atoms with Crippen molar-refractivity contribution < 1.29 is 22.7 Å². The van der Waals surface area contributed by atoms with Crippen LogP contribution in [0.2, 0.25) is 0 Å². The van der Waals surface area contributed by atoms with Crippen LogP contribution in [0.15, 0.2) is 36.8 Å². The van der Waals surface area contributed by atoms with E-state index in [4.69, 9.17) is 10.5 Å². The van der Waals surface area contributed by atoms with Gasteiger partial charge in [-0.25, -0.2) is 15.0 Å². The topological polar surface area (TPSA) is 98.6 Å². The predicted octanol–water partition coefficient (Wildman–Crippen LogP) is 3.39. The Morgan fingerprint density at radius 1 is 1.28 bits per heavy atom. The number of halogens is 3. The zero-order chi connectivity index (χ0) is 22.8. The van der Waals surface area contributed by atoms with Crippen LogP contribution >= 0.6 is 0 Å². The summed E-state index contributed by atoms with van der Waals surface area (Å²) in [6.45, 7) is 1.86. The van der Waals surface area contributed by atoms with Crippen molar-refractivity contribution in [2.45, 2.75) is 19.1 Å². The number of hydrogen-bond acceptors (Lipinski definition) is 6. The minimum atomic E-state index is -4.47. The Balaban J connectivity index is 1.50. The molecule has 0 radical (unpaired) electrons. The minimum absolute atomic E-state index is 0.0511. The summed E-state index contributed by atoms with van der Waals surface area (Å²) in [5.41, 5.74) is 8.35. The number of imidazole rings is 1. The zero-order valence-electron chi connectivity index (χ0n) is 17.0. The van der Waals surface area contributed by atoms with Crippen molar-refractivity contribution in [3.8, 4) is 5.75 Å². The van der Waals surface area contributed by atoms with Crippen LogP contribution in [0.5, 0.6) is 5.75 Å². The lowest BCUT2D eigenvalue weighted by Crippen LogP contribution is -2.32. The van der Waals surface area contributed by atoms with Gasteiger partial charge in [-0.2, -0.15) is 13.2 Å². The summed E-state index contributed by atoms with van der Waals surface area (Å²) in [7, 11) is 1.56. The SMILES string of the molecule is Cc1ncn2c1c(N)nc1cnc(C(=O)N(C)[C@@H]3COc4cc(C(F)(F)F)ccc43)cc12. The first-order chi connectivity index (χ1) is 15.1. The van der Waals surface area contributed by atoms with Gasteiger partial charge in [-0.05, 0) is 25.1 Å². The van der Waals surface area contributed by atoms with Crippen LogP contribution in [0.4, 0.5) is 19.0 Å². The van der Waals surface area contributed by atoms with Crippen LogP contribution in [0.3, 0.4) is 0 Å². The number of anilines is 1. The van der Waals surface area contributed by atoms with Gasteiger partial charge in [0.15, 0.2) is 5.82 Å². The molecule has 3 aromatic heterocycles. The number of hydrogen-bond donors (Lipinski definition) is 1. The number of aryl methyl sites for hydroxylation is 1. The Morgan fingerprint density at radius 2 is 2.06 bits per heavy atom. The first-order valence-electron chi connectivity index (χ1n) is 9.65. The van der Waals surface area contributed by atoms with Crippen molar-refractivity contribution >= 4 is 28.3 Å². The number of benzene rings is 1. The molecule has 0 bridgehead atoms. The Morgan fingerprint density at radius 3 is 2.81 bits per heavy atom. The Bertz CT molecular complexity index is 1400. The molecular weight excluding hydrogens is 425 g/mol. The van der Waals surface area contributed by atoms with E-state index in [1.54, 1.807) is 23.8 Å². The molecule has 4 aromatic rings. The van der Waals surface area contributed by atoms with Gasteiger partial charge in [0.05, 0.1) is 29.0 Å². The molecule has 11 heteroatoms. The average Bonchev–Trinajstić information content (AvgIpc) is 3.35. The predicted molar refractivity (Wildman–Crippen MR) is 109 cm³/mol. The van der Waals surface area contributed by atoms with Gasteiger partial charge >= 0.3 is 6.18 Å². The number of ether oxygens (including phenoxy) is 1. The molecule has 5 rings (SSSR count). The second kappa shape index (κ2) is 6.81.